The van der Waals surface area contributed by atoms with Gasteiger partial charge in [-0.3, -0.25) is 9.69 Å². The first-order chi connectivity index (χ1) is 18.4. The normalized spacial score (nSPS) is 19.4. The number of aromatic nitrogens is 2. The summed E-state index contributed by atoms with van der Waals surface area (Å²) in [7, 11) is 2.01. The standard InChI is InChI=1S/C30H28FN3O4/c1-34(24-13-15-30(19-35,16-14-24)29(36)37)18-20-7-9-22(10-8-20)27-32-28(38-33-27)23-11-12-25(26(31)17-23)21-5-3-2-4-6-21/h2-12,17,19,24H,13-16,18H2,1H3,(H,36,37). The van der Waals surface area contributed by atoms with Gasteiger partial charge in [-0.15, -0.1) is 0 Å². The van der Waals surface area contributed by atoms with Crippen molar-refractivity contribution >= 4 is 12.3 Å². The van der Waals surface area contributed by atoms with Crippen LogP contribution < -0.4 is 0 Å². The molecule has 1 saturated carbocycles. The fourth-order valence-corrected chi connectivity index (χ4v) is 5.07. The molecular formula is C30H28FN3O4. The zero-order valence-electron chi connectivity index (χ0n) is 21.0. The van der Waals surface area contributed by atoms with E-state index in [1.54, 1.807) is 12.1 Å². The highest BCUT2D eigenvalue weighted by atomic mass is 19.1. The van der Waals surface area contributed by atoms with Crippen LogP contribution in [-0.4, -0.2) is 45.5 Å². The van der Waals surface area contributed by atoms with Crippen LogP contribution in [0.25, 0.3) is 34.0 Å². The molecule has 1 N–H and O–H groups in total. The number of hydrogen-bond donors (Lipinski definition) is 1. The molecular weight excluding hydrogens is 485 g/mol. The number of rotatable bonds is 8. The first-order valence-electron chi connectivity index (χ1n) is 12.6. The minimum Gasteiger partial charge on any atom is -0.481 e. The number of carboxylic acid groups (broad SMARTS) is 1. The zero-order valence-corrected chi connectivity index (χ0v) is 21.0. The quantitative estimate of drug-likeness (QED) is 0.233. The second-order valence-electron chi connectivity index (χ2n) is 9.91. The molecule has 194 valence electrons. The zero-order chi connectivity index (χ0) is 26.7. The van der Waals surface area contributed by atoms with Gasteiger partial charge in [0.1, 0.15) is 17.5 Å². The van der Waals surface area contributed by atoms with E-state index in [-0.39, 0.29) is 17.7 Å². The molecule has 0 unspecified atom stereocenters. The van der Waals surface area contributed by atoms with Gasteiger partial charge in [0.25, 0.3) is 5.89 Å². The molecule has 0 atom stereocenters. The Kier molecular flexibility index (Phi) is 7.15. The van der Waals surface area contributed by atoms with Crippen LogP contribution in [0.2, 0.25) is 0 Å². The Morgan fingerprint density at radius 2 is 1.74 bits per heavy atom. The molecule has 38 heavy (non-hydrogen) atoms. The second kappa shape index (κ2) is 10.7. The molecule has 8 heteroatoms. The third-order valence-corrected chi connectivity index (χ3v) is 7.49. The van der Waals surface area contributed by atoms with Crippen molar-refractivity contribution in [3.05, 3.63) is 84.2 Å². The molecule has 1 fully saturated rings. The van der Waals surface area contributed by atoms with Gasteiger partial charge in [0.05, 0.1) is 0 Å². The fourth-order valence-electron chi connectivity index (χ4n) is 5.07. The second-order valence-corrected chi connectivity index (χ2v) is 9.91. The average molecular weight is 514 g/mol. The Morgan fingerprint density at radius 1 is 1.05 bits per heavy atom. The van der Waals surface area contributed by atoms with Gasteiger partial charge in [-0.05, 0) is 56.0 Å². The van der Waals surface area contributed by atoms with Crippen LogP contribution in [0.1, 0.15) is 31.2 Å². The molecule has 3 aromatic carbocycles. The summed E-state index contributed by atoms with van der Waals surface area (Å²) in [5.41, 5.74) is 2.44. The first-order valence-corrected chi connectivity index (χ1v) is 12.6. The van der Waals surface area contributed by atoms with Crippen LogP contribution in [0.3, 0.4) is 0 Å². The molecule has 1 aliphatic carbocycles. The summed E-state index contributed by atoms with van der Waals surface area (Å²) < 4.78 is 20.2. The van der Waals surface area contributed by atoms with Gasteiger partial charge in [-0.25, -0.2) is 4.39 Å². The number of carbonyl (C=O) groups is 2. The molecule has 1 aromatic heterocycles. The molecule has 1 heterocycles. The summed E-state index contributed by atoms with van der Waals surface area (Å²) in [5, 5.41) is 13.5. The van der Waals surface area contributed by atoms with Crippen LogP contribution in [-0.2, 0) is 16.1 Å². The predicted octanol–water partition coefficient (Wildman–Crippen LogP) is 5.85. The van der Waals surface area contributed by atoms with Crippen molar-refractivity contribution in [2.75, 3.05) is 7.05 Å². The lowest BCUT2D eigenvalue weighted by atomic mass is 9.73. The van der Waals surface area contributed by atoms with Crippen molar-refractivity contribution in [3.8, 4) is 34.0 Å². The van der Waals surface area contributed by atoms with Gasteiger partial charge < -0.3 is 14.4 Å². The summed E-state index contributed by atoms with van der Waals surface area (Å²) in [4.78, 5) is 29.5. The number of carboxylic acids is 1. The van der Waals surface area contributed by atoms with E-state index in [9.17, 15) is 19.1 Å². The lowest BCUT2D eigenvalue weighted by Gasteiger charge is -2.37. The highest BCUT2D eigenvalue weighted by Crippen LogP contribution is 2.37. The lowest BCUT2D eigenvalue weighted by Crippen LogP contribution is -2.43. The number of aldehydes is 1. The predicted molar refractivity (Wildman–Crippen MR) is 140 cm³/mol. The Bertz CT molecular complexity index is 1430. The van der Waals surface area contributed by atoms with E-state index in [1.165, 1.54) is 6.07 Å². The third kappa shape index (κ3) is 5.13. The molecule has 0 bridgehead atoms. The topological polar surface area (TPSA) is 96.5 Å². The summed E-state index contributed by atoms with van der Waals surface area (Å²) in [6.07, 6.45) is 2.65. The summed E-state index contributed by atoms with van der Waals surface area (Å²) >= 11 is 0. The van der Waals surface area contributed by atoms with Crippen molar-refractivity contribution in [2.45, 2.75) is 38.3 Å². The maximum atomic E-state index is 14.8. The van der Waals surface area contributed by atoms with Gasteiger partial charge in [-0.2, -0.15) is 4.98 Å². The number of halogens is 1. The van der Waals surface area contributed by atoms with Gasteiger partial charge >= 0.3 is 5.97 Å². The maximum absolute atomic E-state index is 14.8. The fraction of sp³-hybridized carbons (Fsp3) is 0.267. The van der Waals surface area contributed by atoms with Crippen LogP contribution in [0.15, 0.2) is 77.3 Å². The highest BCUT2D eigenvalue weighted by Gasteiger charge is 2.42. The van der Waals surface area contributed by atoms with Gasteiger partial charge in [0.2, 0.25) is 5.82 Å². The Labute approximate surface area is 219 Å². The molecule has 0 radical (unpaired) electrons. The summed E-state index contributed by atoms with van der Waals surface area (Å²) in [6, 6.07) is 22.3. The van der Waals surface area contributed by atoms with Crippen molar-refractivity contribution in [2.24, 2.45) is 5.41 Å². The largest absolute Gasteiger partial charge is 0.481 e. The van der Waals surface area contributed by atoms with Crippen molar-refractivity contribution in [3.63, 3.8) is 0 Å². The van der Waals surface area contributed by atoms with E-state index in [1.807, 2.05) is 61.6 Å². The van der Waals surface area contributed by atoms with Gasteiger partial charge in [0.15, 0.2) is 0 Å². The van der Waals surface area contributed by atoms with E-state index in [2.05, 4.69) is 15.0 Å². The van der Waals surface area contributed by atoms with Crippen molar-refractivity contribution in [1.29, 1.82) is 0 Å². The number of benzene rings is 3. The summed E-state index contributed by atoms with van der Waals surface area (Å²) in [5.74, 6) is -0.728. The molecule has 4 aromatic rings. The monoisotopic (exact) mass is 513 g/mol. The average Bonchev–Trinajstić information content (AvgIpc) is 3.44. The number of nitrogens with zero attached hydrogens (tertiary/aromatic N) is 3. The Balaban J connectivity index is 1.23. The molecule has 5 rings (SSSR count). The summed E-state index contributed by atoms with van der Waals surface area (Å²) in [6.45, 7) is 0.691. The Hall–Kier alpha value is -4.17. The van der Waals surface area contributed by atoms with E-state index in [0.29, 0.717) is 55.5 Å². The van der Waals surface area contributed by atoms with Crippen LogP contribution in [0, 0.1) is 11.2 Å². The lowest BCUT2D eigenvalue weighted by molar-refractivity contribution is -0.154. The molecule has 7 nitrogen and oxygen atoms in total. The molecule has 0 saturated heterocycles. The van der Waals surface area contributed by atoms with Gasteiger partial charge in [0, 0.05) is 29.3 Å². The number of aliphatic carboxylic acids is 1. The minimum atomic E-state index is -1.24. The van der Waals surface area contributed by atoms with Gasteiger partial charge in [-0.1, -0.05) is 65.8 Å². The minimum absolute atomic E-state index is 0.218. The molecule has 0 aliphatic heterocycles. The molecule has 0 spiro atoms. The van der Waals surface area contributed by atoms with Crippen molar-refractivity contribution in [1.82, 2.24) is 15.0 Å². The molecule has 0 amide bonds. The van der Waals surface area contributed by atoms with Crippen LogP contribution in [0.4, 0.5) is 4.39 Å². The number of hydrogen-bond acceptors (Lipinski definition) is 6. The van der Waals surface area contributed by atoms with Crippen LogP contribution in [0.5, 0.6) is 0 Å². The van der Waals surface area contributed by atoms with E-state index in [4.69, 9.17) is 4.52 Å². The first kappa shape index (κ1) is 25.5. The molecule has 1 aliphatic rings. The maximum Gasteiger partial charge on any atom is 0.316 e. The van der Waals surface area contributed by atoms with E-state index in [0.717, 1.165) is 16.7 Å². The van der Waals surface area contributed by atoms with E-state index >= 15 is 0 Å². The Morgan fingerprint density at radius 3 is 2.37 bits per heavy atom. The van der Waals surface area contributed by atoms with Crippen molar-refractivity contribution < 1.29 is 23.6 Å². The smallest absolute Gasteiger partial charge is 0.316 e. The van der Waals surface area contributed by atoms with Crippen LogP contribution >= 0.6 is 0 Å². The third-order valence-electron chi connectivity index (χ3n) is 7.49. The highest BCUT2D eigenvalue weighted by molar-refractivity contribution is 5.92. The SMILES string of the molecule is CN(Cc1ccc(-c2noc(-c3ccc(-c4ccccc4)c(F)c3)n2)cc1)C1CCC(C=O)(C(=O)O)CC1. The number of carbonyl (C=O) groups excluding carboxylic acids is 1. The van der Waals surface area contributed by atoms with E-state index < -0.39 is 11.4 Å².